The fraction of sp³-hybridized carbons (Fsp3) is 0.286. The van der Waals surface area contributed by atoms with Crippen LogP contribution in [0.2, 0.25) is 5.15 Å². The lowest BCUT2D eigenvalue weighted by Crippen LogP contribution is -2.08. The Labute approximate surface area is 172 Å². The number of hydrogen-bond donors (Lipinski definition) is 0. The first-order valence-electron chi connectivity index (χ1n) is 9.04. The third kappa shape index (κ3) is 4.18. The number of halogens is 1. The Balaban J connectivity index is 1.87. The first-order valence-corrected chi connectivity index (χ1v) is 10.3. The van der Waals surface area contributed by atoms with Gasteiger partial charge in [-0.15, -0.1) is 11.3 Å². The van der Waals surface area contributed by atoms with Gasteiger partial charge in [-0.05, 0) is 29.0 Å². The fourth-order valence-electron chi connectivity index (χ4n) is 3.06. The van der Waals surface area contributed by atoms with Gasteiger partial charge in [-0.1, -0.05) is 49.2 Å². The normalized spacial score (nSPS) is 10.8. The quantitative estimate of drug-likeness (QED) is 0.371. The van der Waals surface area contributed by atoms with Gasteiger partial charge in [-0.3, -0.25) is 4.79 Å². The van der Waals surface area contributed by atoms with Crippen LogP contribution in [-0.2, 0) is 17.7 Å². The van der Waals surface area contributed by atoms with Crippen molar-refractivity contribution in [1.82, 2.24) is 9.55 Å². The molecule has 3 rings (SSSR count). The number of thiophene rings is 1. The molecule has 0 amide bonds. The summed E-state index contributed by atoms with van der Waals surface area (Å²) in [4.78, 5) is 28.3. The van der Waals surface area contributed by atoms with Crippen molar-refractivity contribution in [3.63, 3.8) is 0 Å². The standard InChI is InChI=1S/C21H21ClN2O3S/c1-3-4-5-18-23-20(22)17(13-25)24(18)12-14-6-8-15(9-7-14)16-10-11-28-19(16)21(26)27-2/h6-11,13H,3-5,12H2,1-2H3. The number of aromatic nitrogens is 2. The number of imidazole rings is 1. The Morgan fingerprint density at radius 1 is 1.29 bits per heavy atom. The highest BCUT2D eigenvalue weighted by Gasteiger charge is 2.17. The minimum atomic E-state index is -0.335. The molecule has 0 saturated heterocycles. The number of ether oxygens (including phenoxy) is 1. The van der Waals surface area contributed by atoms with Crippen molar-refractivity contribution >= 4 is 35.2 Å². The molecule has 2 heterocycles. The van der Waals surface area contributed by atoms with E-state index in [1.165, 1.54) is 18.4 Å². The molecule has 7 heteroatoms. The molecule has 5 nitrogen and oxygen atoms in total. The molecule has 0 radical (unpaired) electrons. The predicted molar refractivity (Wildman–Crippen MR) is 111 cm³/mol. The fourth-order valence-corrected chi connectivity index (χ4v) is 4.13. The van der Waals surface area contributed by atoms with Crippen LogP contribution in [0.25, 0.3) is 11.1 Å². The van der Waals surface area contributed by atoms with E-state index in [2.05, 4.69) is 11.9 Å². The molecule has 0 fully saturated rings. The second-order valence-electron chi connectivity index (χ2n) is 6.36. The van der Waals surface area contributed by atoms with Crippen LogP contribution in [0.1, 0.15) is 51.3 Å². The van der Waals surface area contributed by atoms with Crippen LogP contribution < -0.4 is 0 Å². The number of benzene rings is 1. The van der Waals surface area contributed by atoms with Gasteiger partial charge in [0.25, 0.3) is 0 Å². The molecule has 28 heavy (non-hydrogen) atoms. The number of carbonyl (C=O) groups is 2. The van der Waals surface area contributed by atoms with E-state index >= 15 is 0 Å². The molecule has 0 aliphatic rings. The molecule has 0 N–H and O–H groups in total. The number of unbranched alkanes of at least 4 members (excludes halogenated alkanes) is 1. The lowest BCUT2D eigenvalue weighted by molar-refractivity contribution is 0.0607. The zero-order valence-electron chi connectivity index (χ0n) is 15.8. The summed E-state index contributed by atoms with van der Waals surface area (Å²) in [5.41, 5.74) is 3.22. The molecule has 0 unspecified atom stereocenters. The van der Waals surface area contributed by atoms with Crippen molar-refractivity contribution in [2.24, 2.45) is 0 Å². The molecular formula is C21H21ClN2O3S. The van der Waals surface area contributed by atoms with E-state index in [1.807, 2.05) is 40.3 Å². The number of rotatable bonds is 8. The molecular weight excluding hydrogens is 396 g/mol. The topological polar surface area (TPSA) is 61.2 Å². The minimum absolute atomic E-state index is 0.249. The van der Waals surface area contributed by atoms with Crippen molar-refractivity contribution in [3.8, 4) is 11.1 Å². The number of nitrogens with zero attached hydrogens (tertiary/aromatic N) is 2. The molecule has 2 aromatic heterocycles. The molecule has 0 spiro atoms. The number of methoxy groups -OCH3 is 1. The van der Waals surface area contributed by atoms with Crippen LogP contribution in [-0.4, -0.2) is 28.9 Å². The van der Waals surface area contributed by atoms with Gasteiger partial charge in [0.05, 0.1) is 7.11 Å². The van der Waals surface area contributed by atoms with Gasteiger partial charge in [0.2, 0.25) is 0 Å². The lowest BCUT2D eigenvalue weighted by Gasteiger charge is -2.10. The largest absolute Gasteiger partial charge is 0.465 e. The summed E-state index contributed by atoms with van der Waals surface area (Å²) in [5.74, 6) is 0.488. The Hall–Kier alpha value is -2.44. The van der Waals surface area contributed by atoms with Gasteiger partial charge in [0.15, 0.2) is 11.4 Å². The summed E-state index contributed by atoms with van der Waals surface area (Å²) in [5, 5.41) is 2.12. The average Bonchev–Trinajstić information content (AvgIpc) is 3.31. The van der Waals surface area contributed by atoms with E-state index < -0.39 is 0 Å². The van der Waals surface area contributed by atoms with Crippen LogP contribution in [0.5, 0.6) is 0 Å². The third-order valence-electron chi connectivity index (χ3n) is 4.55. The average molecular weight is 417 g/mol. The van der Waals surface area contributed by atoms with E-state index in [0.717, 1.165) is 48.1 Å². The summed E-state index contributed by atoms with van der Waals surface area (Å²) in [6.07, 6.45) is 3.56. The third-order valence-corrected chi connectivity index (χ3v) is 5.72. The van der Waals surface area contributed by atoms with Gasteiger partial charge in [0.1, 0.15) is 16.4 Å². The SMILES string of the molecule is CCCCc1nc(Cl)c(C=O)n1Cc1ccc(-c2ccsc2C(=O)OC)cc1. The second kappa shape index (κ2) is 9.17. The van der Waals surface area contributed by atoms with E-state index in [4.69, 9.17) is 16.3 Å². The van der Waals surface area contributed by atoms with Crippen LogP contribution in [0.15, 0.2) is 35.7 Å². The van der Waals surface area contributed by atoms with Crippen LogP contribution in [0.3, 0.4) is 0 Å². The monoisotopic (exact) mass is 416 g/mol. The highest BCUT2D eigenvalue weighted by Crippen LogP contribution is 2.29. The number of aldehydes is 1. The Bertz CT molecular complexity index is 976. The number of carbonyl (C=O) groups excluding carboxylic acids is 2. The zero-order valence-corrected chi connectivity index (χ0v) is 17.3. The highest BCUT2D eigenvalue weighted by molar-refractivity contribution is 7.12. The second-order valence-corrected chi connectivity index (χ2v) is 7.64. The summed E-state index contributed by atoms with van der Waals surface area (Å²) >= 11 is 7.50. The van der Waals surface area contributed by atoms with E-state index in [-0.39, 0.29) is 11.1 Å². The number of hydrogen-bond acceptors (Lipinski definition) is 5. The zero-order chi connectivity index (χ0) is 20.1. The van der Waals surface area contributed by atoms with Gasteiger partial charge >= 0.3 is 5.97 Å². The Morgan fingerprint density at radius 2 is 2.04 bits per heavy atom. The molecule has 1 aromatic carbocycles. The van der Waals surface area contributed by atoms with Crippen molar-refractivity contribution < 1.29 is 14.3 Å². The molecule has 0 atom stereocenters. The first kappa shape index (κ1) is 20.3. The predicted octanol–water partition coefficient (Wildman–Crippen LogP) is 5.26. The first-order chi connectivity index (χ1) is 13.6. The van der Waals surface area contributed by atoms with E-state index in [0.29, 0.717) is 17.1 Å². The molecule has 0 aliphatic carbocycles. The van der Waals surface area contributed by atoms with E-state index in [1.54, 1.807) is 0 Å². The lowest BCUT2D eigenvalue weighted by atomic mass is 10.0. The van der Waals surface area contributed by atoms with Crippen molar-refractivity contribution in [1.29, 1.82) is 0 Å². The molecule has 3 aromatic rings. The van der Waals surface area contributed by atoms with Crippen molar-refractivity contribution in [2.75, 3.05) is 7.11 Å². The Kier molecular flexibility index (Phi) is 6.65. The van der Waals surface area contributed by atoms with Crippen molar-refractivity contribution in [3.05, 3.63) is 62.8 Å². The van der Waals surface area contributed by atoms with Gasteiger partial charge in [0, 0.05) is 18.5 Å². The van der Waals surface area contributed by atoms with Gasteiger partial charge < -0.3 is 9.30 Å². The van der Waals surface area contributed by atoms with Crippen LogP contribution in [0, 0.1) is 0 Å². The van der Waals surface area contributed by atoms with Crippen molar-refractivity contribution in [2.45, 2.75) is 32.7 Å². The molecule has 0 saturated carbocycles. The maximum absolute atomic E-state index is 11.9. The summed E-state index contributed by atoms with van der Waals surface area (Å²) in [7, 11) is 1.38. The van der Waals surface area contributed by atoms with Gasteiger partial charge in [-0.25, -0.2) is 9.78 Å². The maximum atomic E-state index is 11.9. The smallest absolute Gasteiger partial charge is 0.348 e. The van der Waals surface area contributed by atoms with E-state index in [9.17, 15) is 9.59 Å². The minimum Gasteiger partial charge on any atom is -0.465 e. The molecule has 146 valence electrons. The molecule has 0 aliphatic heterocycles. The maximum Gasteiger partial charge on any atom is 0.348 e. The summed E-state index contributed by atoms with van der Waals surface area (Å²) < 4.78 is 6.73. The Morgan fingerprint density at radius 3 is 2.68 bits per heavy atom. The highest BCUT2D eigenvalue weighted by atomic mass is 35.5. The number of esters is 1. The summed E-state index contributed by atoms with van der Waals surface area (Å²) in [6.45, 7) is 2.63. The van der Waals surface area contributed by atoms with Crippen LogP contribution >= 0.6 is 22.9 Å². The summed E-state index contributed by atoms with van der Waals surface area (Å²) in [6, 6.07) is 9.82. The van der Waals surface area contributed by atoms with Gasteiger partial charge in [-0.2, -0.15) is 0 Å². The number of aryl methyl sites for hydroxylation is 1. The molecule has 0 bridgehead atoms. The van der Waals surface area contributed by atoms with Crippen LogP contribution in [0.4, 0.5) is 0 Å².